The third-order valence-electron chi connectivity index (χ3n) is 7.83. The van der Waals surface area contributed by atoms with E-state index < -0.39 is 30.3 Å². The molecule has 0 unspecified atom stereocenters. The minimum atomic E-state index is -3.18. The van der Waals surface area contributed by atoms with Crippen molar-refractivity contribution in [3.05, 3.63) is 52.6 Å². The third-order valence-corrected chi connectivity index (χ3v) is 7.83. The number of hydrogen-bond donors (Lipinski definition) is 2. The highest BCUT2D eigenvalue weighted by Crippen LogP contribution is 2.28. The lowest BCUT2D eigenvalue weighted by atomic mass is 10.2. The first-order chi connectivity index (χ1) is 21.6. The number of morpholine rings is 1. The van der Waals surface area contributed by atoms with Crippen LogP contribution < -0.4 is 26.0 Å². The number of cyclic esters (lactones) is 1. The van der Waals surface area contributed by atoms with Crippen molar-refractivity contribution in [1.82, 2.24) is 19.6 Å². The first-order valence-electron chi connectivity index (χ1n) is 14.5. The van der Waals surface area contributed by atoms with Crippen LogP contribution in [0.2, 0.25) is 0 Å². The van der Waals surface area contributed by atoms with E-state index in [4.69, 9.17) is 9.47 Å². The fraction of sp³-hybridized carbons (Fsp3) is 0.448. The van der Waals surface area contributed by atoms with Gasteiger partial charge in [-0.1, -0.05) is 0 Å². The Bertz CT molecular complexity index is 1640. The molecule has 16 heteroatoms. The number of nitrogens with zero attached hydrogens (tertiary/aromatic N) is 5. The van der Waals surface area contributed by atoms with Gasteiger partial charge in [-0.25, -0.2) is 14.0 Å². The number of alkyl halides is 2. The van der Waals surface area contributed by atoms with Gasteiger partial charge >= 0.3 is 18.5 Å². The van der Waals surface area contributed by atoms with E-state index in [9.17, 15) is 28.0 Å². The highest BCUT2D eigenvalue weighted by molar-refractivity contribution is 5.93. The van der Waals surface area contributed by atoms with Gasteiger partial charge in [-0.2, -0.15) is 8.78 Å². The zero-order valence-corrected chi connectivity index (χ0v) is 24.8. The topological polar surface area (TPSA) is 130 Å². The molecule has 0 aliphatic carbocycles. The lowest BCUT2D eigenvalue weighted by Crippen LogP contribution is -2.43. The molecule has 0 saturated carbocycles. The smallest absolute Gasteiger partial charge is 0.414 e. The minimum absolute atomic E-state index is 0.0496. The van der Waals surface area contributed by atoms with E-state index in [2.05, 4.69) is 5.32 Å². The van der Waals surface area contributed by atoms with Crippen molar-refractivity contribution in [3.8, 4) is 0 Å². The zero-order chi connectivity index (χ0) is 32.2. The first-order valence-corrected chi connectivity index (χ1v) is 14.5. The second kappa shape index (κ2) is 13.5. The number of fused-ring (bicyclic) bond motifs is 1. The SMILES string of the molecule is CCN(CCn1c2ccc(NC(=O)N3CCOCC3)cc2c(=O)n1C)c1ccc(N2C[C@H](CNC(=O)C(F)F)OC2=O)cc1F. The summed E-state index contributed by atoms with van der Waals surface area (Å²) in [6.45, 7) is 4.57. The van der Waals surface area contributed by atoms with Crippen LogP contribution in [0.1, 0.15) is 6.92 Å². The quantitative estimate of drug-likeness (QED) is 0.351. The van der Waals surface area contributed by atoms with Crippen LogP contribution in [0.4, 0.5) is 39.8 Å². The highest BCUT2D eigenvalue weighted by atomic mass is 19.3. The molecule has 3 aromatic rings. The fourth-order valence-electron chi connectivity index (χ4n) is 5.41. The first kappa shape index (κ1) is 31.7. The molecule has 2 aliphatic heterocycles. The second-order valence-corrected chi connectivity index (χ2v) is 10.6. The maximum Gasteiger partial charge on any atom is 0.414 e. The van der Waals surface area contributed by atoms with Gasteiger partial charge in [0.15, 0.2) is 0 Å². The summed E-state index contributed by atoms with van der Waals surface area (Å²) in [7, 11) is 1.64. The van der Waals surface area contributed by atoms with Crippen molar-refractivity contribution < 1.29 is 37.0 Å². The zero-order valence-electron chi connectivity index (χ0n) is 24.8. The lowest BCUT2D eigenvalue weighted by Gasteiger charge is -2.27. The van der Waals surface area contributed by atoms with Gasteiger partial charge < -0.3 is 29.9 Å². The molecule has 2 aromatic carbocycles. The summed E-state index contributed by atoms with van der Waals surface area (Å²) >= 11 is 0. The molecule has 5 rings (SSSR count). The van der Waals surface area contributed by atoms with Gasteiger partial charge in [0.05, 0.1) is 55.1 Å². The molecule has 4 amide bonds. The third kappa shape index (κ3) is 6.84. The maximum absolute atomic E-state index is 15.4. The van der Waals surface area contributed by atoms with Crippen LogP contribution >= 0.6 is 0 Å². The predicted molar refractivity (Wildman–Crippen MR) is 160 cm³/mol. The van der Waals surface area contributed by atoms with Crippen LogP contribution in [0, 0.1) is 5.82 Å². The minimum Gasteiger partial charge on any atom is -0.442 e. The number of rotatable bonds is 10. The molecular weight excluding hydrogens is 599 g/mol. The number of carbonyl (C=O) groups is 3. The molecule has 1 atom stereocenters. The number of ether oxygens (including phenoxy) is 2. The van der Waals surface area contributed by atoms with E-state index in [1.54, 1.807) is 45.8 Å². The van der Waals surface area contributed by atoms with Gasteiger partial charge in [0, 0.05) is 38.9 Å². The fourth-order valence-corrected chi connectivity index (χ4v) is 5.41. The summed E-state index contributed by atoms with van der Waals surface area (Å²) in [6, 6.07) is 9.14. The van der Waals surface area contributed by atoms with Crippen molar-refractivity contribution in [2.24, 2.45) is 7.05 Å². The number of urea groups is 1. The summed E-state index contributed by atoms with van der Waals surface area (Å²) in [5.41, 5.74) is 1.41. The molecule has 2 N–H and O–H groups in total. The summed E-state index contributed by atoms with van der Waals surface area (Å²) in [5, 5.41) is 5.28. The summed E-state index contributed by atoms with van der Waals surface area (Å²) in [6.07, 6.45) is -4.83. The van der Waals surface area contributed by atoms with Gasteiger partial charge in [0.1, 0.15) is 11.9 Å². The Morgan fingerprint density at radius 2 is 1.87 bits per heavy atom. The van der Waals surface area contributed by atoms with Crippen LogP contribution in [0.25, 0.3) is 10.9 Å². The number of halogens is 3. The van der Waals surface area contributed by atoms with E-state index >= 15 is 4.39 Å². The lowest BCUT2D eigenvalue weighted by molar-refractivity contribution is -0.132. The molecule has 2 fully saturated rings. The molecule has 0 radical (unpaired) electrons. The molecule has 2 saturated heterocycles. The Morgan fingerprint density at radius 3 is 2.56 bits per heavy atom. The summed E-state index contributed by atoms with van der Waals surface area (Å²) < 4.78 is 53.9. The summed E-state index contributed by atoms with van der Waals surface area (Å²) in [5.74, 6) is -2.06. The van der Waals surface area contributed by atoms with E-state index in [0.717, 1.165) is 0 Å². The van der Waals surface area contributed by atoms with E-state index in [0.29, 0.717) is 62.5 Å². The molecule has 0 spiro atoms. The molecule has 13 nitrogen and oxygen atoms in total. The molecule has 1 aromatic heterocycles. The summed E-state index contributed by atoms with van der Waals surface area (Å²) in [4.78, 5) is 53.8. The van der Waals surface area contributed by atoms with Gasteiger partial charge in [-0.15, -0.1) is 0 Å². The van der Waals surface area contributed by atoms with Crippen molar-refractivity contribution in [3.63, 3.8) is 0 Å². The molecule has 0 bridgehead atoms. The van der Waals surface area contributed by atoms with Gasteiger partial charge in [0.2, 0.25) is 0 Å². The molecule has 242 valence electrons. The predicted octanol–water partition coefficient (Wildman–Crippen LogP) is 2.58. The molecule has 3 heterocycles. The van der Waals surface area contributed by atoms with Gasteiger partial charge in [0.25, 0.3) is 11.5 Å². The Hall–Kier alpha value is -4.73. The maximum atomic E-state index is 15.4. The van der Waals surface area contributed by atoms with Crippen LogP contribution in [0.15, 0.2) is 41.2 Å². The van der Waals surface area contributed by atoms with Crippen LogP contribution in [-0.4, -0.2) is 97.3 Å². The van der Waals surface area contributed by atoms with E-state index in [1.165, 1.54) is 21.7 Å². The Morgan fingerprint density at radius 1 is 1.11 bits per heavy atom. The highest BCUT2D eigenvalue weighted by Gasteiger charge is 2.33. The standard InChI is InChI=1S/C29H34F3N7O6/c1-3-36(24-7-5-19(15-22(24)30)38-17-20(45-29(38)43)16-33-26(40)25(31)32)8-9-39-23-6-4-18(14-21(23)27(41)35(39)2)34-28(42)37-10-12-44-13-11-37/h4-7,14-15,20,25H,3,8-13,16-17H2,1-2H3,(H,33,40)(H,34,42)/t20-/m0/s1. The number of carbonyl (C=O) groups excluding carboxylic acids is 3. The van der Waals surface area contributed by atoms with Crippen LogP contribution in [0.5, 0.6) is 0 Å². The van der Waals surface area contributed by atoms with Gasteiger partial charge in [-0.05, 0) is 43.3 Å². The van der Waals surface area contributed by atoms with E-state index in [-0.39, 0.29) is 36.1 Å². The van der Waals surface area contributed by atoms with Crippen molar-refractivity contribution in [2.75, 3.05) is 67.6 Å². The Kier molecular flexibility index (Phi) is 9.51. The number of benzene rings is 2. The van der Waals surface area contributed by atoms with Crippen LogP contribution in [0.3, 0.4) is 0 Å². The Balaban J connectivity index is 1.25. The molecular formula is C29H34F3N7O6. The van der Waals surface area contributed by atoms with Crippen molar-refractivity contribution in [2.45, 2.75) is 26.0 Å². The number of likely N-dealkylation sites (N-methyl/N-ethyl adjacent to an activating group) is 1. The average Bonchev–Trinajstić information content (AvgIpc) is 3.52. The number of nitrogens with one attached hydrogen (secondary N) is 2. The number of anilines is 3. The largest absolute Gasteiger partial charge is 0.442 e. The molecule has 2 aliphatic rings. The van der Waals surface area contributed by atoms with Crippen molar-refractivity contribution in [1.29, 1.82) is 0 Å². The van der Waals surface area contributed by atoms with E-state index in [1.807, 2.05) is 12.2 Å². The van der Waals surface area contributed by atoms with Gasteiger partial charge in [-0.3, -0.25) is 23.9 Å². The second-order valence-electron chi connectivity index (χ2n) is 10.6. The van der Waals surface area contributed by atoms with Crippen molar-refractivity contribution >= 4 is 46.0 Å². The number of amides is 4. The average molecular weight is 634 g/mol. The monoisotopic (exact) mass is 633 g/mol. The number of aromatic nitrogens is 2. The Labute approximate surface area is 256 Å². The normalized spacial score (nSPS) is 16.8. The van der Waals surface area contributed by atoms with Crippen LogP contribution in [-0.2, 0) is 27.9 Å². The number of hydrogen-bond acceptors (Lipinski definition) is 7. The molecule has 45 heavy (non-hydrogen) atoms.